The lowest BCUT2D eigenvalue weighted by Crippen LogP contribution is -2.37. The molecule has 2 rings (SSSR count). The van der Waals surface area contributed by atoms with Gasteiger partial charge in [0.1, 0.15) is 6.04 Å². The Morgan fingerprint density at radius 2 is 1.92 bits per heavy atom. The van der Waals surface area contributed by atoms with Gasteiger partial charge in [-0.25, -0.2) is 0 Å². The molecule has 0 saturated carbocycles. The van der Waals surface area contributed by atoms with E-state index in [0.717, 1.165) is 24.2 Å². The van der Waals surface area contributed by atoms with Crippen LogP contribution in [0.15, 0.2) is 48.8 Å². The van der Waals surface area contributed by atoms with E-state index in [-0.39, 0.29) is 11.9 Å². The molecular weight excluding hydrogens is 300 g/mol. The average Bonchev–Trinajstić information content (AvgIpc) is 2.57. The Morgan fingerprint density at radius 1 is 1.17 bits per heavy atom. The van der Waals surface area contributed by atoms with E-state index in [1.54, 1.807) is 12.4 Å². The Bertz CT molecular complexity index is 626. The predicted molar refractivity (Wildman–Crippen MR) is 98.0 cm³/mol. The van der Waals surface area contributed by atoms with Crippen molar-refractivity contribution >= 4 is 11.6 Å². The molecule has 5 nitrogen and oxygen atoms in total. The molecule has 0 aliphatic heterocycles. The first kappa shape index (κ1) is 17.9. The lowest BCUT2D eigenvalue weighted by Gasteiger charge is -2.24. The third-order valence-corrected chi connectivity index (χ3v) is 3.80. The molecule has 0 saturated heterocycles. The molecule has 1 amide bonds. The maximum absolute atomic E-state index is 12.5. The van der Waals surface area contributed by atoms with Crippen molar-refractivity contribution in [3.63, 3.8) is 0 Å². The molecule has 2 N–H and O–H groups in total. The van der Waals surface area contributed by atoms with Gasteiger partial charge in [-0.1, -0.05) is 29.8 Å². The highest BCUT2D eigenvalue weighted by Gasteiger charge is 2.22. The van der Waals surface area contributed by atoms with Crippen LogP contribution >= 0.6 is 0 Å². The Hall–Kier alpha value is -2.40. The SMILES string of the molecule is Cc1ccc([C@H](C(=O)NCCCNc2cccnc2)N(C)C)cc1. The third kappa shape index (κ3) is 5.35. The smallest absolute Gasteiger partial charge is 0.241 e. The molecule has 24 heavy (non-hydrogen) atoms. The van der Waals surface area contributed by atoms with Crippen LogP contribution in [0.1, 0.15) is 23.6 Å². The molecule has 0 unspecified atom stereocenters. The largest absolute Gasteiger partial charge is 0.384 e. The Labute approximate surface area is 144 Å². The van der Waals surface area contributed by atoms with Crippen LogP contribution in [-0.2, 0) is 4.79 Å². The quantitative estimate of drug-likeness (QED) is 0.732. The number of carbonyl (C=O) groups excluding carboxylic acids is 1. The molecule has 0 aliphatic carbocycles. The van der Waals surface area contributed by atoms with Crippen molar-refractivity contribution < 1.29 is 4.79 Å². The maximum Gasteiger partial charge on any atom is 0.241 e. The molecule has 0 spiro atoms. The number of aromatic nitrogens is 1. The molecule has 1 aromatic heterocycles. The number of pyridine rings is 1. The van der Waals surface area contributed by atoms with Crippen LogP contribution in [0.2, 0.25) is 0 Å². The number of hydrogen-bond acceptors (Lipinski definition) is 4. The summed E-state index contributed by atoms with van der Waals surface area (Å²) in [4.78, 5) is 18.5. The monoisotopic (exact) mass is 326 g/mol. The summed E-state index contributed by atoms with van der Waals surface area (Å²) in [5.41, 5.74) is 3.20. The van der Waals surface area contributed by atoms with E-state index >= 15 is 0 Å². The third-order valence-electron chi connectivity index (χ3n) is 3.80. The minimum atomic E-state index is -0.267. The number of hydrogen-bond donors (Lipinski definition) is 2. The maximum atomic E-state index is 12.5. The minimum absolute atomic E-state index is 0.0326. The van der Waals surface area contributed by atoms with Crippen molar-refractivity contribution in [1.82, 2.24) is 15.2 Å². The van der Waals surface area contributed by atoms with Gasteiger partial charge in [-0.3, -0.25) is 14.7 Å². The second-order valence-corrected chi connectivity index (χ2v) is 6.09. The highest BCUT2D eigenvalue weighted by molar-refractivity contribution is 5.83. The van der Waals surface area contributed by atoms with Crippen molar-refractivity contribution in [3.8, 4) is 0 Å². The summed E-state index contributed by atoms with van der Waals surface area (Å²) < 4.78 is 0. The van der Waals surface area contributed by atoms with Gasteiger partial charge in [-0.05, 0) is 45.1 Å². The molecule has 1 aromatic carbocycles. The van der Waals surface area contributed by atoms with Crippen molar-refractivity contribution in [3.05, 3.63) is 59.9 Å². The number of anilines is 1. The molecule has 0 fully saturated rings. The van der Waals surface area contributed by atoms with Crippen LogP contribution in [0, 0.1) is 6.92 Å². The molecule has 5 heteroatoms. The van der Waals surface area contributed by atoms with Gasteiger partial charge in [0.2, 0.25) is 5.91 Å². The summed E-state index contributed by atoms with van der Waals surface area (Å²) in [6.07, 6.45) is 4.39. The van der Waals surface area contributed by atoms with Gasteiger partial charge in [-0.2, -0.15) is 0 Å². The number of carbonyl (C=O) groups is 1. The van der Waals surface area contributed by atoms with Gasteiger partial charge in [0.05, 0.1) is 5.69 Å². The number of nitrogens with one attached hydrogen (secondary N) is 2. The number of nitrogens with zero attached hydrogens (tertiary/aromatic N) is 2. The Kier molecular flexibility index (Phi) is 6.75. The van der Waals surface area contributed by atoms with E-state index in [9.17, 15) is 4.79 Å². The average molecular weight is 326 g/mol. The highest BCUT2D eigenvalue weighted by Crippen LogP contribution is 2.18. The number of rotatable bonds is 8. The van der Waals surface area contributed by atoms with E-state index < -0.39 is 0 Å². The van der Waals surface area contributed by atoms with E-state index in [0.29, 0.717) is 6.54 Å². The van der Waals surface area contributed by atoms with Crippen molar-refractivity contribution in [2.75, 3.05) is 32.5 Å². The summed E-state index contributed by atoms with van der Waals surface area (Å²) in [7, 11) is 3.85. The van der Waals surface area contributed by atoms with Crippen LogP contribution in [0.3, 0.4) is 0 Å². The molecule has 1 atom stereocenters. The summed E-state index contributed by atoms with van der Waals surface area (Å²) in [6, 6.07) is 11.7. The van der Waals surface area contributed by atoms with Crippen LogP contribution in [0.5, 0.6) is 0 Å². The van der Waals surface area contributed by atoms with Gasteiger partial charge in [-0.15, -0.1) is 0 Å². The van der Waals surface area contributed by atoms with E-state index in [1.807, 2.05) is 62.3 Å². The molecular formula is C19H26N4O. The topological polar surface area (TPSA) is 57.3 Å². The van der Waals surface area contributed by atoms with Crippen molar-refractivity contribution in [1.29, 1.82) is 0 Å². The zero-order chi connectivity index (χ0) is 17.4. The van der Waals surface area contributed by atoms with Crippen LogP contribution in [0.4, 0.5) is 5.69 Å². The molecule has 2 aromatic rings. The van der Waals surface area contributed by atoms with Gasteiger partial charge >= 0.3 is 0 Å². The second kappa shape index (κ2) is 9.03. The fourth-order valence-corrected chi connectivity index (χ4v) is 2.53. The first-order valence-electron chi connectivity index (χ1n) is 8.22. The van der Waals surface area contributed by atoms with E-state index in [4.69, 9.17) is 0 Å². The highest BCUT2D eigenvalue weighted by atomic mass is 16.2. The van der Waals surface area contributed by atoms with Gasteiger partial charge in [0.15, 0.2) is 0 Å². The normalized spacial score (nSPS) is 12.0. The van der Waals surface area contributed by atoms with Gasteiger partial charge in [0, 0.05) is 25.5 Å². The van der Waals surface area contributed by atoms with Gasteiger partial charge < -0.3 is 10.6 Å². The van der Waals surface area contributed by atoms with Crippen LogP contribution in [0.25, 0.3) is 0 Å². The molecule has 128 valence electrons. The van der Waals surface area contributed by atoms with E-state index in [2.05, 4.69) is 15.6 Å². The number of aryl methyl sites for hydroxylation is 1. The fourth-order valence-electron chi connectivity index (χ4n) is 2.53. The second-order valence-electron chi connectivity index (χ2n) is 6.09. The number of likely N-dealkylation sites (N-methyl/N-ethyl adjacent to an activating group) is 1. The van der Waals surface area contributed by atoms with Crippen LogP contribution in [-0.4, -0.2) is 43.0 Å². The summed E-state index contributed by atoms with van der Waals surface area (Å²) in [6.45, 7) is 3.48. The Morgan fingerprint density at radius 3 is 2.54 bits per heavy atom. The first-order chi connectivity index (χ1) is 11.6. The zero-order valence-electron chi connectivity index (χ0n) is 14.6. The lowest BCUT2D eigenvalue weighted by molar-refractivity contribution is -0.125. The van der Waals surface area contributed by atoms with Crippen molar-refractivity contribution in [2.45, 2.75) is 19.4 Å². The van der Waals surface area contributed by atoms with E-state index in [1.165, 1.54) is 5.56 Å². The van der Waals surface area contributed by atoms with Gasteiger partial charge in [0.25, 0.3) is 0 Å². The molecule has 0 aliphatic rings. The fraction of sp³-hybridized carbons (Fsp3) is 0.368. The standard InChI is InChI=1S/C19H26N4O/c1-15-7-9-16(10-8-15)18(23(2)3)19(24)22-13-5-12-21-17-6-4-11-20-14-17/h4,6-11,14,18,21H,5,12-13H2,1-3H3,(H,22,24)/t18-/m1/s1. The van der Waals surface area contributed by atoms with Crippen LogP contribution < -0.4 is 10.6 Å². The zero-order valence-corrected chi connectivity index (χ0v) is 14.6. The number of benzene rings is 1. The number of amides is 1. The molecule has 0 radical (unpaired) electrons. The first-order valence-corrected chi connectivity index (χ1v) is 8.22. The predicted octanol–water partition coefficient (Wildman–Crippen LogP) is 2.61. The summed E-state index contributed by atoms with van der Waals surface area (Å²) in [5, 5.41) is 6.31. The molecule has 0 bridgehead atoms. The van der Waals surface area contributed by atoms with Crippen molar-refractivity contribution in [2.24, 2.45) is 0 Å². The Balaban J connectivity index is 1.80. The lowest BCUT2D eigenvalue weighted by atomic mass is 10.0. The minimum Gasteiger partial charge on any atom is -0.384 e. The summed E-state index contributed by atoms with van der Waals surface area (Å²) >= 11 is 0. The summed E-state index contributed by atoms with van der Waals surface area (Å²) in [5.74, 6) is 0.0326. The molecule has 1 heterocycles.